The molecule has 0 unspecified atom stereocenters. The third kappa shape index (κ3) is 3.83. The summed E-state index contributed by atoms with van der Waals surface area (Å²) in [6, 6.07) is 8.11. The van der Waals surface area contributed by atoms with Crippen LogP contribution in [0.4, 0.5) is 4.79 Å². The molecule has 120 valence electrons. The highest BCUT2D eigenvalue weighted by Crippen LogP contribution is 2.20. The van der Waals surface area contributed by atoms with Crippen molar-refractivity contribution in [2.45, 2.75) is 31.0 Å². The zero-order valence-electron chi connectivity index (χ0n) is 11.8. The number of rotatable bonds is 4. The molecule has 2 rings (SSSR count). The molecule has 7 nitrogen and oxygen atoms in total. The molecule has 0 spiro atoms. The van der Waals surface area contributed by atoms with E-state index < -0.39 is 37.1 Å². The zero-order valence-corrected chi connectivity index (χ0v) is 11.8. The molecule has 7 heteroatoms. The lowest BCUT2D eigenvalue weighted by Gasteiger charge is -2.34. The van der Waals surface area contributed by atoms with Gasteiger partial charge in [-0.3, -0.25) is 0 Å². The van der Waals surface area contributed by atoms with E-state index in [1.165, 1.54) is 6.08 Å². The third-order valence-corrected chi connectivity index (χ3v) is 3.49. The van der Waals surface area contributed by atoms with Gasteiger partial charge in [-0.15, -0.1) is 0 Å². The van der Waals surface area contributed by atoms with Crippen molar-refractivity contribution in [3.63, 3.8) is 0 Å². The molecule has 1 aliphatic rings. The normalized spacial score (nSPS) is 27.9. The molecule has 4 atom stereocenters. The number of carbonyl (C=O) groups excluding carboxylic acids is 1. The predicted molar refractivity (Wildman–Crippen MR) is 76.7 cm³/mol. The summed E-state index contributed by atoms with van der Waals surface area (Å²) < 4.78 is 5.01. The Bertz CT molecular complexity index is 532. The molecule has 1 amide bonds. The molecule has 0 aromatic heterocycles. The van der Waals surface area contributed by atoms with Crippen molar-refractivity contribution in [2.24, 2.45) is 0 Å². The van der Waals surface area contributed by atoms with Gasteiger partial charge in [-0.2, -0.15) is 0 Å². The van der Waals surface area contributed by atoms with Crippen molar-refractivity contribution in [3.05, 3.63) is 47.5 Å². The van der Waals surface area contributed by atoms with Crippen molar-refractivity contribution >= 4 is 6.09 Å². The Balaban J connectivity index is 1.94. The minimum absolute atomic E-state index is 0.0667. The second-order valence-corrected chi connectivity index (χ2v) is 5.06. The lowest BCUT2D eigenvalue weighted by atomic mass is 9.88. The van der Waals surface area contributed by atoms with Crippen LogP contribution in [0.5, 0.6) is 0 Å². The summed E-state index contributed by atoms with van der Waals surface area (Å²) in [5.74, 6) is 0. The Labute approximate surface area is 127 Å². The lowest BCUT2D eigenvalue weighted by Crippen LogP contribution is -2.55. The minimum atomic E-state index is -1.49. The fourth-order valence-corrected chi connectivity index (χ4v) is 2.22. The first-order valence-corrected chi connectivity index (χ1v) is 6.85. The Morgan fingerprint density at radius 3 is 2.45 bits per heavy atom. The molecular formula is C15H19NO6. The van der Waals surface area contributed by atoms with Gasteiger partial charge in [0, 0.05) is 0 Å². The fourth-order valence-electron chi connectivity index (χ4n) is 2.22. The molecule has 1 aromatic carbocycles. The van der Waals surface area contributed by atoms with E-state index in [1.807, 2.05) is 18.2 Å². The first-order chi connectivity index (χ1) is 10.5. The minimum Gasteiger partial charge on any atom is -0.445 e. The van der Waals surface area contributed by atoms with Gasteiger partial charge < -0.3 is 30.5 Å². The number of carbonyl (C=O) groups is 1. The van der Waals surface area contributed by atoms with Crippen molar-refractivity contribution in [3.8, 4) is 0 Å². The maximum atomic E-state index is 11.7. The van der Waals surface area contributed by atoms with Gasteiger partial charge in [0.2, 0.25) is 0 Å². The number of hydrogen-bond acceptors (Lipinski definition) is 6. The van der Waals surface area contributed by atoms with E-state index in [0.717, 1.165) is 5.56 Å². The summed E-state index contributed by atoms with van der Waals surface area (Å²) in [5, 5.41) is 40.7. The van der Waals surface area contributed by atoms with Gasteiger partial charge in [-0.05, 0) is 11.1 Å². The number of amides is 1. The molecule has 22 heavy (non-hydrogen) atoms. The van der Waals surface area contributed by atoms with Gasteiger partial charge >= 0.3 is 6.09 Å². The summed E-state index contributed by atoms with van der Waals surface area (Å²) in [7, 11) is 0. The molecule has 0 saturated heterocycles. The van der Waals surface area contributed by atoms with Crippen molar-refractivity contribution in [2.75, 3.05) is 6.61 Å². The average molecular weight is 309 g/mol. The van der Waals surface area contributed by atoms with Crippen LogP contribution in [-0.2, 0) is 11.3 Å². The van der Waals surface area contributed by atoms with E-state index in [0.29, 0.717) is 0 Å². The van der Waals surface area contributed by atoms with Crippen molar-refractivity contribution in [1.82, 2.24) is 5.32 Å². The number of ether oxygens (including phenoxy) is 1. The highest BCUT2D eigenvalue weighted by molar-refractivity contribution is 5.68. The van der Waals surface area contributed by atoms with Gasteiger partial charge in [0.05, 0.1) is 12.6 Å². The Morgan fingerprint density at radius 2 is 1.82 bits per heavy atom. The standard InChI is InChI=1S/C15H19NO6/c17-7-10-6-11(13(19)14(20)12(10)18)16-15(21)22-8-9-4-2-1-3-5-9/h1-6,11-14,17-20H,7-8H2,(H,16,21)/t11-,12+,13-,14-/m0/s1. The average Bonchev–Trinajstić information content (AvgIpc) is 2.54. The zero-order chi connectivity index (χ0) is 16.1. The number of benzene rings is 1. The molecule has 1 aliphatic carbocycles. The van der Waals surface area contributed by atoms with Crippen LogP contribution < -0.4 is 5.32 Å². The van der Waals surface area contributed by atoms with E-state index in [1.54, 1.807) is 12.1 Å². The summed E-state index contributed by atoms with van der Waals surface area (Å²) in [6.45, 7) is -0.417. The first-order valence-electron chi connectivity index (χ1n) is 6.85. The maximum absolute atomic E-state index is 11.7. The van der Waals surface area contributed by atoms with Gasteiger partial charge in [0.15, 0.2) is 0 Å². The third-order valence-electron chi connectivity index (χ3n) is 3.49. The van der Waals surface area contributed by atoms with E-state index >= 15 is 0 Å². The second kappa shape index (κ2) is 7.37. The largest absolute Gasteiger partial charge is 0.445 e. The Kier molecular flexibility index (Phi) is 5.51. The molecule has 1 aromatic rings. The molecule has 5 N–H and O–H groups in total. The van der Waals surface area contributed by atoms with E-state index in [2.05, 4.69) is 5.32 Å². The molecule has 0 radical (unpaired) electrons. The lowest BCUT2D eigenvalue weighted by molar-refractivity contribution is -0.0637. The summed E-state index contributed by atoms with van der Waals surface area (Å²) in [5.41, 5.74) is 0.940. The van der Waals surface area contributed by atoms with Gasteiger partial charge in [0.1, 0.15) is 24.9 Å². The molecular weight excluding hydrogens is 290 g/mol. The van der Waals surface area contributed by atoms with Gasteiger partial charge in [-0.1, -0.05) is 36.4 Å². The number of aliphatic hydroxyl groups excluding tert-OH is 4. The molecule has 0 fully saturated rings. The smallest absolute Gasteiger partial charge is 0.408 e. The highest BCUT2D eigenvalue weighted by Gasteiger charge is 2.37. The Morgan fingerprint density at radius 1 is 1.14 bits per heavy atom. The van der Waals surface area contributed by atoms with Crippen LogP contribution in [0, 0.1) is 0 Å². The molecule has 0 heterocycles. The summed E-state index contributed by atoms with van der Waals surface area (Å²) in [6.07, 6.45) is -3.71. The highest BCUT2D eigenvalue weighted by atomic mass is 16.5. The van der Waals surface area contributed by atoms with E-state index in [4.69, 9.17) is 9.84 Å². The summed E-state index contributed by atoms with van der Waals surface area (Å²) in [4.78, 5) is 11.7. The number of hydrogen-bond donors (Lipinski definition) is 5. The van der Waals surface area contributed by atoms with Crippen LogP contribution in [0.3, 0.4) is 0 Å². The molecule has 0 aliphatic heterocycles. The van der Waals surface area contributed by atoms with Gasteiger partial charge in [0.25, 0.3) is 0 Å². The maximum Gasteiger partial charge on any atom is 0.408 e. The van der Waals surface area contributed by atoms with Crippen molar-refractivity contribution in [1.29, 1.82) is 0 Å². The predicted octanol–water partition coefficient (Wildman–Crippen LogP) is -0.704. The van der Waals surface area contributed by atoms with Crippen LogP contribution >= 0.6 is 0 Å². The van der Waals surface area contributed by atoms with Crippen LogP contribution in [0.1, 0.15) is 5.56 Å². The van der Waals surface area contributed by atoms with Crippen LogP contribution in [-0.4, -0.2) is 57.5 Å². The number of aliphatic hydroxyl groups is 4. The van der Waals surface area contributed by atoms with E-state index in [-0.39, 0.29) is 12.2 Å². The van der Waals surface area contributed by atoms with Crippen LogP contribution in [0.15, 0.2) is 42.0 Å². The number of alkyl carbamates (subject to hydrolysis) is 1. The first kappa shape index (κ1) is 16.4. The SMILES string of the molecule is O=C(N[C@H]1C=C(CO)[C@@H](O)[C@H](O)[C@H]1O)OCc1ccccc1. The second-order valence-electron chi connectivity index (χ2n) is 5.06. The van der Waals surface area contributed by atoms with Crippen molar-refractivity contribution < 1.29 is 30.0 Å². The molecule has 0 bridgehead atoms. The quantitative estimate of drug-likeness (QED) is 0.469. The molecule has 0 saturated carbocycles. The van der Waals surface area contributed by atoms with Gasteiger partial charge in [-0.25, -0.2) is 4.79 Å². The Hall–Kier alpha value is -1.93. The van der Waals surface area contributed by atoms with Crippen LogP contribution in [0.2, 0.25) is 0 Å². The van der Waals surface area contributed by atoms with E-state index in [9.17, 15) is 20.1 Å². The number of nitrogens with one attached hydrogen (secondary N) is 1. The van der Waals surface area contributed by atoms with Crippen LogP contribution in [0.25, 0.3) is 0 Å². The fraction of sp³-hybridized carbons (Fsp3) is 0.400. The monoisotopic (exact) mass is 309 g/mol. The summed E-state index contributed by atoms with van der Waals surface area (Å²) >= 11 is 0. The topological polar surface area (TPSA) is 119 Å².